The molecule has 3 aromatic heterocycles. The lowest BCUT2D eigenvalue weighted by molar-refractivity contribution is 0.267. The van der Waals surface area contributed by atoms with E-state index < -0.39 is 0 Å². The first-order chi connectivity index (χ1) is 17.0. The number of halogens is 1. The average molecular weight is 497 g/mol. The molecule has 0 radical (unpaired) electrons. The topological polar surface area (TPSA) is 92.7 Å². The number of piperazine rings is 1. The summed E-state index contributed by atoms with van der Waals surface area (Å²) in [5, 5.41) is 4.13. The molecule has 10 nitrogen and oxygen atoms in total. The molecule has 1 aliphatic heterocycles. The van der Waals surface area contributed by atoms with Crippen LogP contribution in [-0.4, -0.2) is 67.7 Å². The van der Waals surface area contributed by atoms with Gasteiger partial charge < -0.3 is 10.2 Å². The highest BCUT2D eigenvalue weighted by atomic mass is 35.5. The minimum Gasteiger partial charge on any atom is -0.369 e. The molecule has 4 heterocycles. The van der Waals surface area contributed by atoms with E-state index in [2.05, 4.69) is 31.2 Å². The van der Waals surface area contributed by atoms with Crippen molar-refractivity contribution in [3.8, 4) is 0 Å². The molecule has 1 aliphatic rings. The molecule has 0 aliphatic carbocycles. The number of nitrogens with zero attached hydrogens (tertiary/aromatic N) is 7. The Labute approximate surface area is 207 Å². The fraction of sp³-hybridized carbons (Fsp3) is 0.417. The maximum absolute atomic E-state index is 12.9. The monoisotopic (exact) mass is 496 g/mol. The van der Waals surface area contributed by atoms with Gasteiger partial charge in [-0.3, -0.25) is 23.2 Å². The Hall–Kier alpha value is -3.37. The molecule has 1 N–H and O–H groups in total. The number of hydrogen-bond donors (Lipinski definition) is 1. The molecule has 4 aromatic rings. The predicted molar refractivity (Wildman–Crippen MR) is 139 cm³/mol. The van der Waals surface area contributed by atoms with Crippen LogP contribution in [0.5, 0.6) is 0 Å². The van der Waals surface area contributed by atoms with Crippen LogP contribution in [0.3, 0.4) is 0 Å². The summed E-state index contributed by atoms with van der Waals surface area (Å²) in [5.41, 5.74) is 1.22. The highest BCUT2D eigenvalue weighted by Crippen LogP contribution is 2.20. The van der Waals surface area contributed by atoms with Gasteiger partial charge in [-0.05, 0) is 38.1 Å². The van der Waals surface area contributed by atoms with E-state index >= 15 is 0 Å². The zero-order valence-electron chi connectivity index (χ0n) is 19.9. The summed E-state index contributed by atoms with van der Waals surface area (Å²) in [6.45, 7) is 9.89. The molecule has 0 saturated carbocycles. The molecule has 35 heavy (non-hydrogen) atoms. The van der Waals surface area contributed by atoms with Crippen molar-refractivity contribution in [2.24, 2.45) is 0 Å². The summed E-state index contributed by atoms with van der Waals surface area (Å²) in [4.78, 5) is 39.5. The first-order valence-electron chi connectivity index (χ1n) is 12.0. The van der Waals surface area contributed by atoms with Crippen LogP contribution in [0.15, 0.2) is 46.1 Å². The largest absolute Gasteiger partial charge is 0.369 e. The van der Waals surface area contributed by atoms with E-state index in [-0.39, 0.29) is 11.2 Å². The molecule has 1 aromatic carbocycles. The van der Waals surface area contributed by atoms with Gasteiger partial charge in [0.05, 0.1) is 0 Å². The molecule has 0 spiro atoms. The fourth-order valence-electron chi connectivity index (χ4n) is 4.66. The van der Waals surface area contributed by atoms with E-state index in [1.165, 1.54) is 14.8 Å². The lowest BCUT2D eigenvalue weighted by Gasteiger charge is -2.36. The van der Waals surface area contributed by atoms with Gasteiger partial charge in [0.25, 0.3) is 5.56 Å². The second kappa shape index (κ2) is 9.71. The van der Waals surface area contributed by atoms with Gasteiger partial charge >= 0.3 is 5.69 Å². The number of hydrogen-bond acceptors (Lipinski definition) is 7. The Balaban J connectivity index is 1.26. The van der Waals surface area contributed by atoms with Crippen molar-refractivity contribution in [1.82, 2.24) is 28.4 Å². The number of imidazole rings is 1. The van der Waals surface area contributed by atoms with Gasteiger partial charge in [-0.15, -0.1) is 0 Å². The van der Waals surface area contributed by atoms with E-state index in [0.29, 0.717) is 35.8 Å². The summed E-state index contributed by atoms with van der Waals surface area (Å²) in [7, 11) is 0. The van der Waals surface area contributed by atoms with Crippen molar-refractivity contribution in [1.29, 1.82) is 0 Å². The standard InChI is InChI=1S/C24H29ClN8O2/c1-3-31-21-20(22(34)32(4-2)24(31)35)33-10-8-19(27-23(33)28-21)26-9-11-29-12-14-30(15-13-29)18-7-5-6-17(25)16-18/h5-8,10,16H,3-4,9,11-15H2,1-2H3,(H,26,27,28). The quantitative estimate of drug-likeness (QED) is 0.419. The molecule has 1 fully saturated rings. The Morgan fingerprint density at radius 3 is 2.49 bits per heavy atom. The van der Waals surface area contributed by atoms with Gasteiger partial charge in [-0.25, -0.2) is 4.79 Å². The van der Waals surface area contributed by atoms with E-state index in [4.69, 9.17) is 11.6 Å². The van der Waals surface area contributed by atoms with Crippen molar-refractivity contribution in [2.75, 3.05) is 49.5 Å². The van der Waals surface area contributed by atoms with Crippen molar-refractivity contribution in [2.45, 2.75) is 26.9 Å². The van der Waals surface area contributed by atoms with Crippen molar-refractivity contribution >= 4 is 40.0 Å². The van der Waals surface area contributed by atoms with Crippen molar-refractivity contribution in [3.63, 3.8) is 0 Å². The van der Waals surface area contributed by atoms with Gasteiger partial charge in [-0.1, -0.05) is 17.7 Å². The van der Waals surface area contributed by atoms with Crippen LogP contribution in [-0.2, 0) is 13.1 Å². The second-order valence-electron chi connectivity index (χ2n) is 8.58. The maximum Gasteiger partial charge on any atom is 0.332 e. The van der Waals surface area contributed by atoms with Crippen molar-refractivity contribution in [3.05, 3.63) is 62.4 Å². The highest BCUT2D eigenvalue weighted by Gasteiger charge is 2.19. The highest BCUT2D eigenvalue weighted by molar-refractivity contribution is 6.30. The van der Waals surface area contributed by atoms with Gasteiger partial charge in [0, 0.05) is 69.3 Å². The van der Waals surface area contributed by atoms with Gasteiger partial charge in [-0.2, -0.15) is 9.97 Å². The zero-order valence-corrected chi connectivity index (χ0v) is 20.7. The van der Waals surface area contributed by atoms with E-state index in [0.717, 1.165) is 44.3 Å². The molecule has 1 saturated heterocycles. The van der Waals surface area contributed by atoms with Gasteiger partial charge in [0.2, 0.25) is 5.78 Å². The van der Waals surface area contributed by atoms with E-state index in [9.17, 15) is 9.59 Å². The first kappa shape index (κ1) is 23.4. The number of nitrogens with one attached hydrogen (secondary N) is 1. The van der Waals surface area contributed by atoms with Crippen LogP contribution >= 0.6 is 11.6 Å². The minimum absolute atomic E-state index is 0.307. The molecule has 0 bridgehead atoms. The number of fused-ring (bicyclic) bond motifs is 3. The SMILES string of the molecule is CCn1c(=O)c2c(nc3nc(NCCN4CCN(c5cccc(Cl)c5)CC4)ccn32)n(CC)c1=O. The third-order valence-corrected chi connectivity index (χ3v) is 6.79. The third-order valence-electron chi connectivity index (χ3n) is 6.55. The van der Waals surface area contributed by atoms with Crippen LogP contribution in [0, 0.1) is 0 Å². The van der Waals surface area contributed by atoms with Crippen LogP contribution in [0.25, 0.3) is 16.9 Å². The summed E-state index contributed by atoms with van der Waals surface area (Å²) < 4.78 is 4.42. The summed E-state index contributed by atoms with van der Waals surface area (Å²) in [5.74, 6) is 1.08. The Bertz CT molecular complexity index is 1480. The van der Waals surface area contributed by atoms with E-state index in [1.54, 1.807) is 17.5 Å². The van der Waals surface area contributed by atoms with Gasteiger partial charge in [0.15, 0.2) is 11.2 Å². The maximum atomic E-state index is 12.9. The molecule has 11 heteroatoms. The molecule has 0 amide bonds. The number of aromatic nitrogens is 5. The van der Waals surface area contributed by atoms with Gasteiger partial charge in [0.1, 0.15) is 5.82 Å². The molecule has 0 unspecified atom stereocenters. The minimum atomic E-state index is -0.343. The lowest BCUT2D eigenvalue weighted by Crippen LogP contribution is -2.47. The Morgan fingerprint density at radius 1 is 1.00 bits per heavy atom. The lowest BCUT2D eigenvalue weighted by atomic mass is 10.2. The summed E-state index contributed by atoms with van der Waals surface area (Å²) in [6.07, 6.45) is 1.79. The van der Waals surface area contributed by atoms with E-state index in [1.807, 2.05) is 31.2 Å². The summed E-state index contributed by atoms with van der Waals surface area (Å²) in [6, 6.07) is 9.83. The molecule has 5 rings (SSSR count). The average Bonchev–Trinajstić information content (AvgIpc) is 3.24. The van der Waals surface area contributed by atoms with Crippen LogP contribution in [0.1, 0.15) is 13.8 Å². The number of benzene rings is 1. The summed E-state index contributed by atoms with van der Waals surface area (Å²) >= 11 is 6.13. The zero-order chi connectivity index (χ0) is 24.5. The number of anilines is 2. The molecule has 184 valence electrons. The Kier molecular flexibility index (Phi) is 6.48. The smallest absolute Gasteiger partial charge is 0.332 e. The normalized spacial score (nSPS) is 14.8. The van der Waals surface area contributed by atoms with Crippen LogP contribution in [0.2, 0.25) is 5.02 Å². The third kappa shape index (κ3) is 4.39. The Morgan fingerprint density at radius 2 is 1.77 bits per heavy atom. The van der Waals surface area contributed by atoms with Crippen LogP contribution in [0.4, 0.5) is 11.5 Å². The number of aryl methyl sites for hydroxylation is 1. The van der Waals surface area contributed by atoms with Crippen LogP contribution < -0.4 is 21.5 Å². The molecule has 0 atom stereocenters. The fourth-order valence-corrected chi connectivity index (χ4v) is 4.85. The number of rotatable bonds is 7. The second-order valence-corrected chi connectivity index (χ2v) is 9.01. The molecular formula is C24H29ClN8O2. The molecular weight excluding hydrogens is 468 g/mol. The van der Waals surface area contributed by atoms with Crippen molar-refractivity contribution < 1.29 is 0 Å². The first-order valence-corrected chi connectivity index (χ1v) is 12.4. The predicted octanol–water partition coefficient (Wildman–Crippen LogP) is 2.13.